The summed E-state index contributed by atoms with van der Waals surface area (Å²) >= 11 is 0. The van der Waals surface area contributed by atoms with Crippen molar-refractivity contribution in [1.29, 1.82) is 0 Å². The minimum Gasteiger partial charge on any atom is -0.342 e. The number of imidazole rings is 1. The van der Waals surface area contributed by atoms with Crippen molar-refractivity contribution in [2.45, 2.75) is 23.9 Å². The van der Waals surface area contributed by atoms with Crippen LogP contribution in [0.1, 0.15) is 12.8 Å². The van der Waals surface area contributed by atoms with Crippen LogP contribution in [-0.2, 0) is 10.0 Å². The maximum Gasteiger partial charge on any atom is 0.389 e. The van der Waals surface area contributed by atoms with Gasteiger partial charge in [0.15, 0.2) is 0 Å². The zero-order chi connectivity index (χ0) is 16.8. The molecule has 3 rings (SSSR count). The highest BCUT2D eigenvalue weighted by molar-refractivity contribution is 7.89. The van der Waals surface area contributed by atoms with E-state index in [9.17, 15) is 21.6 Å². The Morgan fingerprint density at radius 3 is 2.78 bits per heavy atom. The summed E-state index contributed by atoms with van der Waals surface area (Å²) in [6.45, 7) is 0.740. The summed E-state index contributed by atoms with van der Waals surface area (Å²) in [5.74, 6) is -0.0144. The third kappa shape index (κ3) is 3.58. The molecule has 1 atom stereocenters. The molecule has 1 aliphatic rings. The Hall–Kier alpha value is -1.81. The molecule has 10 heteroatoms. The highest BCUT2D eigenvalue weighted by Gasteiger charge is 2.35. The zero-order valence-corrected chi connectivity index (χ0v) is 12.8. The molecule has 1 saturated heterocycles. The standard InChI is InChI=1S/C13H15F3N4O2S/c14-13(15,16)6-8-3-4-20(7-8)12-18-10-2-1-9(23(17,21)22)5-11(10)19-12/h1-2,5,8H,3-4,6-7H2,(H,18,19)(H2,17,21,22). The van der Waals surface area contributed by atoms with Crippen molar-refractivity contribution in [2.75, 3.05) is 18.0 Å². The van der Waals surface area contributed by atoms with Gasteiger partial charge < -0.3 is 9.88 Å². The Morgan fingerprint density at radius 1 is 1.39 bits per heavy atom. The van der Waals surface area contributed by atoms with Crippen molar-refractivity contribution >= 4 is 27.0 Å². The van der Waals surface area contributed by atoms with Crippen LogP contribution in [0.25, 0.3) is 11.0 Å². The topological polar surface area (TPSA) is 92.1 Å². The number of rotatable bonds is 3. The van der Waals surface area contributed by atoms with Crippen molar-refractivity contribution in [3.05, 3.63) is 18.2 Å². The number of nitrogens with one attached hydrogen (secondary N) is 1. The van der Waals surface area contributed by atoms with Crippen LogP contribution in [0.2, 0.25) is 0 Å². The third-order valence-corrected chi connectivity index (χ3v) is 4.79. The molecule has 126 valence electrons. The molecular formula is C13H15F3N4O2S. The van der Waals surface area contributed by atoms with E-state index < -0.39 is 28.5 Å². The summed E-state index contributed by atoms with van der Waals surface area (Å²) in [6.07, 6.45) is -4.53. The molecule has 2 heterocycles. The molecule has 2 aromatic rings. The van der Waals surface area contributed by atoms with E-state index in [0.717, 1.165) is 0 Å². The summed E-state index contributed by atoms with van der Waals surface area (Å²) in [4.78, 5) is 8.95. The van der Waals surface area contributed by atoms with Crippen molar-refractivity contribution in [2.24, 2.45) is 11.1 Å². The van der Waals surface area contributed by atoms with Crippen LogP contribution in [-0.4, -0.2) is 37.7 Å². The van der Waals surface area contributed by atoms with Gasteiger partial charge in [-0.2, -0.15) is 13.2 Å². The Balaban J connectivity index is 1.82. The van der Waals surface area contributed by atoms with Crippen LogP contribution >= 0.6 is 0 Å². The fourth-order valence-electron chi connectivity index (χ4n) is 2.82. The monoisotopic (exact) mass is 348 g/mol. The van der Waals surface area contributed by atoms with Gasteiger partial charge in [0.05, 0.1) is 15.9 Å². The average Bonchev–Trinajstić information content (AvgIpc) is 3.00. The summed E-state index contributed by atoms with van der Waals surface area (Å²) in [7, 11) is -3.82. The van der Waals surface area contributed by atoms with Crippen LogP contribution in [0.5, 0.6) is 0 Å². The normalized spacial score (nSPS) is 19.7. The number of nitrogens with two attached hydrogens (primary N) is 1. The minimum absolute atomic E-state index is 0.0448. The Kier molecular flexibility index (Phi) is 3.75. The predicted octanol–water partition coefficient (Wildman–Crippen LogP) is 1.99. The Labute approximate surface area is 130 Å². The number of hydrogen-bond acceptors (Lipinski definition) is 4. The number of fused-ring (bicyclic) bond motifs is 1. The van der Waals surface area contributed by atoms with Gasteiger partial charge in [0.25, 0.3) is 0 Å². The maximum atomic E-state index is 12.4. The molecule has 0 amide bonds. The summed E-state index contributed by atoms with van der Waals surface area (Å²) in [6, 6.07) is 4.22. The average molecular weight is 348 g/mol. The van der Waals surface area contributed by atoms with Crippen LogP contribution in [0.4, 0.5) is 19.1 Å². The van der Waals surface area contributed by atoms with Crippen molar-refractivity contribution < 1.29 is 21.6 Å². The van der Waals surface area contributed by atoms with E-state index in [1.807, 2.05) is 0 Å². The van der Waals surface area contributed by atoms with Gasteiger partial charge in [0.1, 0.15) is 0 Å². The third-order valence-electron chi connectivity index (χ3n) is 3.87. The molecule has 6 nitrogen and oxygen atoms in total. The van der Waals surface area contributed by atoms with Gasteiger partial charge in [0.2, 0.25) is 16.0 Å². The van der Waals surface area contributed by atoms with Crippen LogP contribution in [0, 0.1) is 5.92 Å². The van der Waals surface area contributed by atoms with Gasteiger partial charge in [-0.25, -0.2) is 18.5 Å². The molecule has 1 aliphatic heterocycles. The lowest BCUT2D eigenvalue weighted by atomic mass is 10.1. The number of aromatic nitrogens is 2. The van der Waals surface area contributed by atoms with Crippen LogP contribution in [0.3, 0.4) is 0 Å². The number of sulfonamides is 1. The second kappa shape index (κ2) is 5.38. The first kappa shape index (κ1) is 16.1. The fourth-order valence-corrected chi connectivity index (χ4v) is 3.36. The van der Waals surface area contributed by atoms with E-state index >= 15 is 0 Å². The van der Waals surface area contributed by atoms with E-state index in [4.69, 9.17) is 5.14 Å². The molecule has 1 aromatic heterocycles. The lowest BCUT2D eigenvalue weighted by Crippen LogP contribution is -2.23. The second-order valence-corrected chi connectivity index (χ2v) is 7.27. The number of halogens is 3. The minimum atomic E-state index is -4.17. The molecule has 0 bridgehead atoms. The van der Waals surface area contributed by atoms with Crippen molar-refractivity contribution in [3.8, 4) is 0 Å². The van der Waals surface area contributed by atoms with Crippen molar-refractivity contribution in [1.82, 2.24) is 9.97 Å². The van der Waals surface area contributed by atoms with E-state index in [1.54, 1.807) is 4.90 Å². The molecule has 1 fully saturated rings. The molecule has 0 saturated carbocycles. The SMILES string of the molecule is NS(=O)(=O)c1ccc2nc(N3CCC(CC(F)(F)F)C3)[nH]c2c1. The summed E-state index contributed by atoms with van der Waals surface area (Å²) in [5, 5.41) is 5.07. The first-order valence-corrected chi connectivity index (χ1v) is 8.51. The fraction of sp³-hybridized carbons (Fsp3) is 0.462. The maximum absolute atomic E-state index is 12.4. The zero-order valence-electron chi connectivity index (χ0n) is 12.0. The van der Waals surface area contributed by atoms with Gasteiger partial charge in [-0.05, 0) is 30.5 Å². The number of hydrogen-bond donors (Lipinski definition) is 2. The summed E-state index contributed by atoms with van der Waals surface area (Å²) < 4.78 is 60.0. The first-order chi connectivity index (χ1) is 10.6. The Bertz CT molecular complexity index is 831. The highest BCUT2D eigenvalue weighted by atomic mass is 32.2. The van der Waals surface area contributed by atoms with Gasteiger partial charge in [0, 0.05) is 19.5 Å². The quantitative estimate of drug-likeness (QED) is 0.887. The Morgan fingerprint density at radius 2 is 2.13 bits per heavy atom. The highest BCUT2D eigenvalue weighted by Crippen LogP contribution is 2.32. The number of alkyl halides is 3. The summed E-state index contributed by atoms with van der Waals surface area (Å²) in [5.41, 5.74) is 1.01. The molecule has 0 aliphatic carbocycles. The van der Waals surface area contributed by atoms with Crippen LogP contribution in [0.15, 0.2) is 23.1 Å². The van der Waals surface area contributed by atoms with E-state index in [-0.39, 0.29) is 11.4 Å². The molecular weight excluding hydrogens is 333 g/mol. The van der Waals surface area contributed by atoms with Gasteiger partial charge in [-0.3, -0.25) is 0 Å². The second-order valence-electron chi connectivity index (χ2n) is 5.70. The number of primary sulfonamides is 1. The molecule has 0 spiro atoms. The van der Waals surface area contributed by atoms with Gasteiger partial charge in [-0.1, -0.05) is 0 Å². The number of benzene rings is 1. The van der Waals surface area contributed by atoms with Gasteiger partial charge in [-0.15, -0.1) is 0 Å². The van der Waals surface area contributed by atoms with Crippen LogP contribution < -0.4 is 10.0 Å². The molecule has 3 N–H and O–H groups in total. The van der Waals surface area contributed by atoms with E-state index in [2.05, 4.69) is 9.97 Å². The van der Waals surface area contributed by atoms with Crippen molar-refractivity contribution in [3.63, 3.8) is 0 Å². The number of aromatic amines is 1. The molecule has 1 unspecified atom stereocenters. The lowest BCUT2D eigenvalue weighted by molar-refractivity contribution is -0.142. The number of anilines is 1. The lowest BCUT2D eigenvalue weighted by Gasteiger charge is -2.15. The molecule has 1 aromatic carbocycles. The number of nitrogens with zero attached hydrogens (tertiary/aromatic N) is 2. The molecule has 23 heavy (non-hydrogen) atoms. The predicted molar refractivity (Wildman–Crippen MR) is 78.5 cm³/mol. The first-order valence-electron chi connectivity index (χ1n) is 6.96. The number of H-pyrrole nitrogens is 1. The van der Waals surface area contributed by atoms with E-state index in [1.165, 1.54) is 18.2 Å². The van der Waals surface area contributed by atoms with E-state index in [0.29, 0.717) is 29.9 Å². The largest absolute Gasteiger partial charge is 0.389 e. The van der Waals surface area contributed by atoms with Gasteiger partial charge >= 0.3 is 6.18 Å². The smallest absolute Gasteiger partial charge is 0.342 e. The molecule has 0 radical (unpaired) electrons.